The monoisotopic (exact) mass is 514 g/mol. The molecular weight excluding hydrogens is 490 g/mol. The van der Waals surface area contributed by atoms with Gasteiger partial charge in [0.1, 0.15) is 17.2 Å². The van der Waals surface area contributed by atoms with Crippen LogP contribution in [0.25, 0.3) is 16.9 Å². The summed E-state index contributed by atoms with van der Waals surface area (Å²) < 4.78 is 28.7. The number of nitrogens with zero attached hydrogens (tertiary/aromatic N) is 5. The molecule has 10 heteroatoms. The van der Waals surface area contributed by atoms with Crippen LogP contribution in [0.4, 0.5) is 14.5 Å². The minimum atomic E-state index is -0.801. The van der Waals surface area contributed by atoms with E-state index in [1.807, 2.05) is 17.0 Å². The van der Waals surface area contributed by atoms with Gasteiger partial charge in [0.2, 0.25) is 5.91 Å². The molecule has 6 rings (SSSR count). The van der Waals surface area contributed by atoms with E-state index < -0.39 is 5.54 Å². The largest absolute Gasteiger partial charge is 0.339 e. The van der Waals surface area contributed by atoms with Crippen LogP contribution in [0.2, 0.25) is 0 Å². The first kappa shape index (κ1) is 23.8. The number of benzene rings is 2. The molecule has 2 aliphatic rings. The highest BCUT2D eigenvalue weighted by molar-refractivity contribution is 5.96. The van der Waals surface area contributed by atoms with Crippen LogP contribution in [0, 0.1) is 11.6 Å². The number of anilines is 1. The van der Waals surface area contributed by atoms with Crippen LogP contribution < -0.4 is 10.2 Å². The van der Waals surface area contributed by atoms with Crippen molar-refractivity contribution < 1.29 is 18.4 Å². The highest BCUT2D eigenvalue weighted by atomic mass is 19.1. The zero-order valence-electron chi connectivity index (χ0n) is 20.3. The Morgan fingerprint density at radius 3 is 2.11 bits per heavy atom. The van der Waals surface area contributed by atoms with Gasteiger partial charge in [-0.3, -0.25) is 14.6 Å². The van der Waals surface area contributed by atoms with Gasteiger partial charge in [0.05, 0.1) is 18.1 Å². The summed E-state index contributed by atoms with van der Waals surface area (Å²) in [6.45, 7) is 1.05. The van der Waals surface area contributed by atoms with Gasteiger partial charge in [-0.15, -0.1) is 0 Å². The lowest BCUT2D eigenvalue weighted by molar-refractivity contribution is -0.124. The molecule has 0 atom stereocenters. The number of carbonyl (C=O) groups is 2. The Kier molecular flexibility index (Phi) is 5.86. The van der Waals surface area contributed by atoms with Gasteiger partial charge in [-0.1, -0.05) is 0 Å². The number of carbonyl (C=O) groups excluding carboxylic acids is 2. The summed E-state index contributed by atoms with van der Waals surface area (Å²) in [5, 5.41) is 7.51. The summed E-state index contributed by atoms with van der Waals surface area (Å²) in [6, 6.07) is 17.3. The number of halogens is 2. The second-order valence-corrected chi connectivity index (χ2v) is 9.43. The van der Waals surface area contributed by atoms with E-state index in [0.717, 1.165) is 11.3 Å². The molecule has 2 aliphatic heterocycles. The quantitative estimate of drug-likeness (QED) is 0.448. The van der Waals surface area contributed by atoms with E-state index in [2.05, 4.69) is 15.4 Å². The Balaban J connectivity index is 1.26. The number of hydrogen-bond donors (Lipinski definition) is 1. The molecule has 1 spiro atoms. The fraction of sp³-hybridized carbons (Fsp3) is 0.214. The summed E-state index contributed by atoms with van der Waals surface area (Å²) in [4.78, 5) is 34.3. The minimum Gasteiger partial charge on any atom is -0.339 e. The molecule has 2 aromatic carbocycles. The lowest BCUT2D eigenvalue weighted by atomic mass is 9.85. The molecule has 2 saturated heterocycles. The van der Waals surface area contributed by atoms with Crippen molar-refractivity contribution in [2.45, 2.75) is 18.4 Å². The van der Waals surface area contributed by atoms with Crippen molar-refractivity contribution in [3.8, 4) is 16.9 Å². The maximum absolute atomic E-state index is 13.6. The normalized spacial score (nSPS) is 16.6. The number of hydrogen-bond acceptors (Lipinski definition) is 5. The van der Waals surface area contributed by atoms with E-state index in [-0.39, 0.29) is 29.1 Å². The zero-order valence-corrected chi connectivity index (χ0v) is 20.3. The lowest BCUT2D eigenvalue weighted by Gasteiger charge is -2.43. The summed E-state index contributed by atoms with van der Waals surface area (Å²) >= 11 is 0. The van der Waals surface area contributed by atoms with Crippen LogP contribution in [-0.4, -0.2) is 56.8 Å². The smallest absolute Gasteiger partial charge is 0.274 e. The van der Waals surface area contributed by atoms with Crippen LogP contribution >= 0.6 is 0 Å². The van der Waals surface area contributed by atoms with Gasteiger partial charge in [-0.05, 0) is 79.6 Å². The predicted molar refractivity (Wildman–Crippen MR) is 137 cm³/mol. The Morgan fingerprint density at radius 1 is 0.868 bits per heavy atom. The van der Waals surface area contributed by atoms with Gasteiger partial charge in [-0.2, -0.15) is 5.10 Å². The minimum absolute atomic E-state index is 0.0884. The molecule has 1 N–H and O–H groups in total. The average Bonchev–Trinajstić information content (AvgIpc) is 3.52. The van der Waals surface area contributed by atoms with Crippen molar-refractivity contribution in [3.63, 3.8) is 0 Å². The third kappa shape index (κ3) is 4.07. The second kappa shape index (κ2) is 9.37. The maximum Gasteiger partial charge on any atom is 0.274 e. The third-order valence-electron chi connectivity index (χ3n) is 7.33. The molecule has 192 valence electrons. The summed E-state index contributed by atoms with van der Waals surface area (Å²) in [6.07, 6.45) is 4.17. The van der Waals surface area contributed by atoms with Crippen LogP contribution in [-0.2, 0) is 4.79 Å². The molecule has 38 heavy (non-hydrogen) atoms. The van der Waals surface area contributed by atoms with E-state index in [1.54, 1.807) is 52.3 Å². The predicted octanol–water partition coefficient (Wildman–Crippen LogP) is 3.78. The van der Waals surface area contributed by atoms with Crippen LogP contribution in [0.15, 0.2) is 79.1 Å². The van der Waals surface area contributed by atoms with E-state index >= 15 is 0 Å². The van der Waals surface area contributed by atoms with Crippen LogP contribution in [0.1, 0.15) is 23.3 Å². The number of rotatable bonds is 4. The summed E-state index contributed by atoms with van der Waals surface area (Å²) in [5.41, 5.74) is 2.31. The molecule has 0 bridgehead atoms. The SMILES string of the molecule is O=C(c1cc(-c2ccncc2)n(-c2ccc(F)cc2)n1)N1CCC2(CC1)C(=O)NCN2c1ccc(F)cc1. The van der Waals surface area contributed by atoms with E-state index in [0.29, 0.717) is 44.0 Å². The molecule has 2 fully saturated rings. The second-order valence-electron chi connectivity index (χ2n) is 9.43. The standard InChI is InChI=1S/C28H24F2N6O2/c29-20-1-5-22(6-2-20)35-18-32-27(38)28(35)11-15-34(16-12-28)26(37)24-17-25(19-9-13-31-14-10-19)36(33-24)23-7-3-21(30)4-8-23/h1-10,13-14,17H,11-12,15-16,18H2,(H,32,38). The fourth-order valence-corrected chi connectivity index (χ4v) is 5.28. The fourth-order valence-electron chi connectivity index (χ4n) is 5.28. The molecule has 2 aromatic heterocycles. The first-order valence-electron chi connectivity index (χ1n) is 12.3. The molecule has 4 heterocycles. The molecule has 8 nitrogen and oxygen atoms in total. The number of piperidine rings is 1. The van der Waals surface area contributed by atoms with Gasteiger partial charge >= 0.3 is 0 Å². The highest BCUT2D eigenvalue weighted by Crippen LogP contribution is 2.37. The first-order valence-corrected chi connectivity index (χ1v) is 12.3. The van der Waals surface area contributed by atoms with Gasteiger partial charge in [0.15, 0.2) is 5.69 Å². The molecule has 0 saturated carbocycles. The topological polar surface area (TPSA) is 83.4 Å². The zero-order chi connectivity index (χ0) is 26.3. The molecule has 2 amide bonds. The summed E-state index contributed by atoms with van der Waals surface area (Å²) in [7, 11) is 0. The molecular formula is C28H24F2N6O2. The number of likely N-dealkylation sites (tertiary alicyclic amines) is 1. The molecule has 0 unspecified atom stereocenters. The Bertz CT molecular complexity index is 1480. The van der Waals surface area contributed by atoms with Gasteiger partial charge in [0.25, 0.3) is 5.91 Å². The van der Waals surface area contributed by atoms with Crippen molar-refractivity contribution in [2.75, 3.05) is 24.7 Å². The van der Waals surface area contributed by atoms with Crippen molar-refractivity contribution >= 4 is 17.5 Å². The molecule has 4 aromatic rings. The van der Waals surface area contributed by atoms with Crippen molar-refractivity contribution in [2.24, 2.45) is 0 Å². The van der Waals surface area contributed by atoms with Gasteiger partial charge in [0, 0.05) is 36.7 Å². The van der Waals surface area contributed by atoms with Gasteiger partial charge in [-0.25, -0.2) is 13.5 Å². The Hall–Kier alpha value is -4.60. The lowest BCUT2D eigenvalue weighted by Crippen LogP contribution is -2.57. The molecule has 0 aliphatic carbocycles. The Morgan fingerprint density at radius 2 is 1.47 bits per heavy atom. The maximum atomic E-state index is 13.6. The van der Waals surface area contributed by atoms with Crippen LogP contribution in [0.3, 0.4) is 0 Å². The molecule has 0 radical (unpaired) electrons. The van der Waals surface area contributed by atoms with Crippen molar-refractivity contribution in [1.29, 1.82) is 0 Å². The van der Waals surface area contributed by atoms with Crippen molar-refractivity contribution in [3.05, 3.63) is 96.5 Å². The third-order valence-corrected chi connectivity index (χ3v) is 7.33. The van der Waals surface area contributed by atoms with E-state index in [4.69, 9.17) is 0 Å². The first-order chi connectivity index (χ1) is 18.4. The average molecular weight is 515 g/mol. The van der Waals surface area contributed by atoms with E-state index in [1.165, 1.54) is 24.3 Å². The number of aromatic nitrogens is 3. The number of pyridine rings is 1. The van der Waals surface area contributed by atoms with Gasteiger partial charge < -0.3 is 15.1 Å². The van der Waals surface area contributed by atoms with E-state index in [9.17, 15) is 18.4 Å². The van der Waals surface area contributed by atoms with Crippen molar-refractivity contribution in [1.82, 2.24) is 25.0 Å². The number of amides is 2. The summed E-state index contributed by atoms with van der Waals surface area (Å²) in [5.74, 6) is -1.04. The van der Waals surface area contributed by atoms with Crippen LogP contribution in [0.5, 0.6) is 0 Å². The number of nitrogens with one attached hydrogen (secondary N) is 1. The Labute approximate surface area is 217 Å². The highest BCUT2D eigenvalue weighted by Gasteiger charge is 2.51.